The molecule has 0 spiro atoms. The van der Waals surface area contributed by atoms with E-state index in [1.807, 2.05) is 0 Å². The summed E-state index contributed by atoms with van der Waals surface area (Å²) < 4.78 is 63.7. The van der Waals surface area contributed by atoms with E-state index in [2.05, 4.69) is 41.6 Å². The van der Waals surface area contributed by atoms with Gasteiger partial charge < -0.3 is 4.74 Å². The highest BCUT2D eigenvalue weighted by molar-refractivity contribution is 9.11. The van der Waals surface area contributed by atoms with Gasteiger partial charge in [0, 0.05) is 6.20 Å². The van der Waals surface area contributed by atoms with Crippen LogP contribution in [0.15, 0.2) is 15.3 Å². The van der Waals surface area contributed by atoms with Gasteiger partial charge in [0.15, 0.2) is 5.75 Å². The molecule has 90 valence electrons. The average Bonchev–Trinajstić information content (AvgIpc) is 2.08. The van der Waals surface area contributed by atoms with E-state index in [4.69, 9.17) is 0 Å². The summed E-state index contributed by atoms with van der Waals surface area (Å²) in [6, 6.07) is 0. The molecule has 9 heteroatoms. The van der Waals surface area contributed by atoms with E-state index in [1.165, 1.54) is 0 Å². The maximum Gasteiger partial charge on any atom is 0.573 e. The average molecular weight is 371 g/mol. The summed E-state index contributed by atoms with van der Waals surface area (Å²) in [6.07, 6.45) is -7.26. The second kappa shape index (κ2) is 4.82. The summed E-state index contributed by atoms with van der Waals surface area (Å²) in [7, 11) is 0. The third kappa shape index (κ3) is 3.27. The summed E-state index contributed by atoms with van der Waals surface area (Å²) in [4.78, 5) is 3.43. The molecule has 0 saturated heterocycles. The number of pyridine rings is 1. The van der Waals surface area contributed by atoms with Gasteiger partial charge in [-0.15, -0.1) is 13.2 Å². The zero-order chi connectivity index (χ0) is 12.5. The molecule has 2 nitrogen and oxygen atoms in total. The van der Waals surface area contributed by atoms with Gasteiger partial charge in [0.25, 0.3) is 6.43 Å². The van der Waals surface area contributed by atoms with Gasteiger partial charge in [-0.1, -0.05) is 0 Å². The third-order valence-electron chi connectivity index (χ3n) is 1.41. The summed E-state index contributed by atoms with van der Waals surface area (Å²) in [5, 5.41) is 0. The first kappa shape index (κ1) is 13.6. The van der Waals surface area contributed by atoms with Crippen LogP contribution >= 0.6 is 31.9 Å². The van der Waals surface area contributed by atoms with Crippen LogP contribution in [0.2, 0.25) is 0 Å². The zero-order valence-corrected chi connectivity index (χ0v) is 10.3. The summed E-state index contributed by atoms with van der Waals surface area (Å²) in [6.45, 7) is 0. The fourth-order valence-electron chi connectivity index (χ4n) is 0.872. The minimum absolute atomic E-state index is 0.302. The molecule has 1 rings (SSSR count). The van der Waals surface area contributed by atoms with Crippen molar-refractivity contribution in [3.8, 4) is 5.75 Å². The fraction of sp³-hybridized carbons (Fsp3) is 0.286. The van der Waals surface area contributed by atoms with Gasteiger partial charge >= 0.3 is 6.36 Å². The predicted molar refractivity (Wildman–Crippen MR) is 51.3 cm³/mol. The fourth-order valence-corrected chi connectivity index (χ4v) is 1.72. The second-order valence-electron chi connectivity index (χ2n) is 2.49. The number of aromatic nitrogens is 1. The topological polar surface area (TPSA) is 22.1 Å². The van der Waals surface area contributed by atoms with E-state index in [9.17, 15) is 22.0 Å². The predicted octanol–water partition coefficient (Wildman–Crippen LogP) is 4.44. The lowest BCUT2D eigenvalue weighted by molar-refractivity contribution is -0.275. The van der Waals surface area contributed by atoms with Gasteiger partial charge in [-0.05, 0) is 31.9 Å². The van der Waals surface area contributed by atoms with Crippen LogP contribution in [0.3, 0.4) is 0 Å². The Morgan fingerprint density at radius 3 is 2.25 bits per heavy atom. The third-order valence-corrected chi connectivity index (χ3v) is 2.61. The monoisotopic (exact) mass is 369 g/mol. The van der Waals surface area contributed by atoms with Crippen molar-refractivity contribution < 1.29 is 26.7 Å². The van der Waals surface area contributed by atoms with Crippen LogP contribution in [-0.2, 0) is 0 Å². The Bertz CT molecular complexity index is 395. The molecule has 0 aliphatic carbocycles. The van der Waals surface area contributed by atoms with Gasteiger partial charge in [0.2, 0.25) is 0 Å². The van der Waals surface area contributed by atoms with Crippen molar-refractivity contribution in [2.45, 2.75) is 12.8 Å². The van der Waals surface area contributed by atoms with E-state index in [0.29, 0.717) is 0 Å². The van der Waals surface area contributed by atoms with Gasteiger partial charge in [0.05, 0.1) is 10.0 Å². The number of alkyl halides is 5. The van der Waals surface area contributed by atoms with Gasteiger partial charge in [0.1, 0.15) is 4.60 Å². The quantitative estimate of drug-likeness (QED) is 0.567. The number of hydrogen-bond acceptors (Lipinski definition) is 2. The van der Waals surface area contributed by atoms with Crippen molar-refractivity contribution in [1.82, 2.24) is 4.98 Å². The highest BCUT2D eigenvalue weighted by Gasteiger charge is 2.35. The molecule has 0 fully saturated rings. The van der Waals surface area contributed by atoms with Crippen LogP contribution in [0, 0.1) is 0 Å². The Labute approximate surface area is 103 Å². The van der Waals surface area contributed by atoms with Gasteiger partial charge in [-0.25, -0.2) is 13.8 Å². The molecule has 0 amide bonds. The second-order valence-corrected chi connectivity index (χ2v) is 4.09. The lowest BCUT2D eigenvalue weighted by Gasteiger charge is -2.14. The molecule has 0 N–H and O–H groups in total. The van der Waals surface area contributed by atoms with Crippen molar-refractivity contribution in [3.63, 3.8) is 0 Å². The molecule has 0 aliphatic heterocycles. The molecule has 0 saturated carbocycles. The van der Waals surface area contributed by atoms with Crippen molar-refractivity contribution in [1.29, 1.82) is 0 Å². The van der Waals surface area contributed by atoms with E-state index >= 15 is 0 Å². The maximum atomic E-state index is 12.5. The highest BCUT2D eigenvalue weighted by Crippen LogP contribution is 2.41. The van der Waals surface area contributed by atoms with Crippen LogP contribution in [0.4, 0.5) is 22.0 Å². The van der Waals surface area contributed by atoms with E-state index < -0.39 is 28.7 Å². The molecule has 0 radical (unpaired) electrons. The summed E-state index contributed by atoms with van der Waals surface area (Å²) in [5.41, 5.74) is -0.952. The van der Waals surface area contributed by atoms with Crippen molar-refractivity contribution in [3.05, 3.63) is 20.8 Å². The zero-order valence-electron chi connectivity index (χ0n) is 7.16. The molecule has 0 atom stereocenters. The largest absolute Gasteiger partial charge is 0.573 e. The number of ether oxygens (including phenoxy) is 1. The maximum absolute atomic E-state index is 12.5. The minimum atomic E-state index is -5.05. The van der Waals surface area contributed by atoms with E-state index in [0.717, 1.165) is 6.20 Å². The first-order chi connectivity index (χ1) is 7.22. The molecule has 1 aromatic heterocycles. The first-order valence-corrected chi connectivity index (χ1v) is 5.18. The normalized spacial score (nSPS) is 12.0. The Balaban J connectivity index is 3.29. The highest BCUT2D eigenvalue weighted by atomic mass is 79.9. The lowest BCUT2D eigenvalue weighted by atomic mass is 10.3. The number of nitrogens with zero attached hydrogens (tertiary/aromatic N) is 1. The minimum Gasteiger partial charge on any atom is -0.404 e. The van der Waals surface area contributed by atoms with Crippen LogP contribution in [0.1, 0.15) is 12.0 Å². The number of halogens is 7. The molecule has 0 aromatic carbocycles. The number of rotatable bonds is 2. The molecule has 0 aliphatic rings. The molecule has 0 bridgehead atoms. The van der Waals surface area contributed by atoms with Crippen LogP contribution in [0.5, 0.6) is 5.75 Å². The van der Waals surface area contributed by atoms with Gasteiger partial charge in [-0.2, -0.15) is 0 Å². The number of hydrogen-bond donors (Lipinski definition) is 0. The SMILES string of the molecule is FC(F)c1c(Br)ncc(Br)c1OC(F)(F)F. The van der Waals surface area contributed by atoms with Crippen molar-refractivity contribution in [2.75, 3.05) is 0 Å². The summed E-state index contributed by atoms with van der Waals surface area (Å²) in [5.74, 6) is -0.996. The van der Waals surface area contributed by atoms with Gasteiger partial charge in [-0.3, -0.25) is 0 Å². The van der Waals surface area contributed by atoms with Crippen LogP contribution in [-0.4, -0.2) is 11.3 Å². The molecule has 0 unspecified atom stereocenters. The Morgan fingerprint density at radius 2 is 1.81 bits per heavy atom. The Kier molecular flexibility index (Phi) is 4.11. The molecule has 1 aromatic rings. The van der Waals surface area contributed by atoms with Crippen molar-refractivity contribution >= 4 is 31.9 Å². The molecule has 16 heavy (non-hydrogen) atoms. The Hall–Kier alpha value is -0.440. The van der Waals surface area contributed by atoms with E-state index in [1.54, 1.807) is 0 Å². The van der Waals surface area contributed by atoms with E-state index in [-0.39, 0.29) is 4.47 Å². The molecular weight excluding hydrogens is 369 g/mol. The van der Waals surface area contributed by atoms with Crippen LogP contribution < -0.4 is 4.74 Å². The van der Waals surface area contributed by atoms with Crippen LogP contribution in [0.25, 0.3) is 0 Å². The molecule has 1 heterocycles. The summed E-state index contributed by atoms with van der Waals surface area (Å²) >= 11 is 5.29. The molecular formula is C7H2Br2F5NO. The standard InChI is InChI=1S/C7H2Br2F5NO/c8-2-1-15-5(9)3(6(10)11)4(2)16-7(12,13)14/h1,6H. The smallest absolute Gasteiger partial charge is 0.404 e. The lowest BCUT2D eigenvalue weighted by Crippen LogP contribution is -2.19. The Morgan fingerprint density at radius 1 is 1.25 bits per heavy atom. The first-order valence-electron chi connectivity index (χ1n) is 3.60. The van der Waals surface area contributed by atoms with Crippen molar-refractivity contribution in [2.24, 2.45) is 0 Å².